The fourth-order valence-corrected chi connectivity index (χ4v) is 3.58. The number of thiophene rings is 1. The Hall–Kier alpha value is -1.04. The Balaban J connectivity index is 2.37. The van der Waals surface area contributed by atoms with Crippen LogP contribution in [0.15, 0.2) is 28.1 Å². The molecule has 0 saturated heterocycles. The van der Waals surface area contributed by atoms with Crippen LogP contribution in [0.25, 0.3) is 21.6 Å². The van der Waals surface area contributed by atoms with Gasteiger partial charge in [0.2, 0.25) is 0 Å². The smallest absolute Gasteiger partial charge is 0.171 e. The predicted molar refractivity (Wildman–Crippen MR) is 80.3 cm³/mol. The van der Waals surface area contributed by atoms with Crippen molar-refractivity contribution in [1.82, 2.24) is 9.97 Å². The van der Waals surface area contributed by atoms with Gasteiger partial charge in [0.15, 0.2) is 5.82 Å². The second-order valence-electron chi connectivity index (χ2n) is 4.02. The van der Waals surface area contributed by atoms with Crippen LogP contribution in [0.1, 0.15) is 5.56 Å². The second-order valence-corrected chi connectivity index (χ2v) is 6.15. The highest BCUT2D eigenvalue weighted by atomic mass is 79.9. The molecule has 0 unspecified atom stereocenters. The van der Waals surface area contributed by atoms with E-state index in [-0.39, 0.29) is 10.7 Å². The third kappa shape index (κ3) is 2.16. The first kappa shape index (κ1) is 13.0. The van der Waals surface area contributed by atoms with Gasteiger partial charge in [-0.15, -0.1) is 11.3 Å². The average Bonchev–Trinajstić information content (AvgIpc) is 2.79. The fourth-order valence-electron chi connectivity index (χ4n) is 1.83. The summed E-state index contributed by atoms with van der Waals surface area (Å²) >= 11 is 11.0. The maximum Gasteiger partial charge on any atom is 0.171 e. The fraction of sp³-hybridized carbons (Fsp3) is 0.0769. The largest absolute Gasteiger partial charge is 0.224 e. The summed E-state index contributed by atoms with van der Waals surface area (Å²) in [5, 5.41) is 2.70. The molecule has 0 aliphatic heterocycles. The van der Waals surface area contributed by atoms with Gasteiger partial charge < -0.3 is 0 Å². The first-order valence-electron chi connectivity index (χ1n) is 5.43. The monoisotopic (exact) mass is 356 g/mol. The van der Waals surface area contributed by atoms with Crippen molar-refractivity contribution in [2.45, 2.75) is 6.92 Å². The molecule has 0 radical (unpaired) electrons. The molecular weight excluding hydrogens is 351 g/mol. The Morgan fingerprint density at radius 1 is 1.26 bits per heavy atom. The Morgan fingerprint density at radius 3 is 2.74 bits per heavy atom. The van der Waals surface area contributed by atoms with Gasteiger partial charge in [-0.3, -0.25) is 0 Å². The van der Waals surface area contributed by atoms with Crippen LogP contribution in [0, 0.1) is 12.7 Å². The summed E-state index contributed by atoms with van der Waals surface area (Å²) in [5.74, 6) is 0.0555. The minimum atomic E-state index is -0.405. The van der Waals surface area contributed by atoms with Gasteiger partial charge in [-0.2, -0.15) is 0 Å². The molecule has 2 heterocycles. The van der Waals surface area contributed by atoms with Crippen molar-refractivity contribution < 1.29 is 4.39 Å². The standard InChI is InChI=1S/C13H7BrClFN2S/c1-6-4-5-19-11(6)13-17-10-8(16)3-2-7(14)9(10)12(15)18-13/h2-5H,1H3. The highest BCUT2D eigenvalue weighted by Gasteiger charge is 2.15. The van der Waals surface area contributed by atoms with E-state index in [9.17, 15) is 4.39 Å². The van der Waals surface area contributed by atoms with E-state index in [1.165, 1.54) is 17.4 Å². The van der Waals surface area contributed by atoms with Crippen LogP contribution in [-0.4, -0.2) is 9.97 Å². The number of aromatic nitrogens is 2. The zero-order valence-electron chi connectivity index (χ0n) is 9.75. The Labute approximate surface area is 126 Å². The van der Waals surface area contributed by atoms with E-state index in [1.54, 1.807) is 6.07 Å². The summed E-state index contributed by atoms with van der Waals surface area (Å²) in [6.07, 6.45) is 0. The van der Waals surface area contributed by atoms with Gasteiger partial charge in [-0.25, -0.2) is 14.4 Å². The minimum Gasteiger partial charge on any atom is -0.224 e. The van der Waals surface area contributed by atoms with E-state index in [2.05, 4.69) is 25.9 Å². The van der Waals surface area contributed by atoms with E-state index in [0.29, 0.717) is 15.7 Å². The topological polar surface area (TPSA) is 25.8 Å². The SMILES string of the molecule is Cc1ccsc1-c1nc(Cl)c2c(Br)ccc(F)c2n1. The van der Waals surface area contributed by atoms with Crippen LogP contribution in [0.3, 0.4) is 0 Å². The number of fused-ring (bicyclic) bond motifs is 1. The number of halogens is 3. The van der Waals surface area contributed by atoms with E-state index in [0.717, 1.165) is 10.4 Å². The maximum absolute atomic E-state index is 13.9. The molecule has 96 valence electrons. The third-order valence-electron chi connectivity index (χ3n) is 2.77. The first-order chi connectivity index (χ1) is 9.08. The minimum absolute atomic E-state index is 0.233. The zero-order valence-corrected chi connectivity index (χ0v) is 12.9. The number of aryl methyl sites for hydroxylation is 1. The quantitative estimate of drug-likeness (QED) is 0.558. The summed E-state index contributed by atoms with van der Waals surface area (Å²) in [6, 6.07) is 4.93. The molecule has 0 bridgehead atoms. The molecule has 0 amide bonds. The molecule has 2 aromatic heterocycles. The van der Waals surface area contributed by atoms with Gasteiger partial charge in [0.05, 0.1) is 10.3 Å². The highest BCUT2D eigenvalue weighted by molar-refractivity contribution is 9.10. The molecule has 0 spiro atoms. The summed E-state index contributed by atoms with van der Waals surface area (Å²) in [4.78, 5) is 9.49. The molecular formula is C13H7BrClFN2S. The van der Waals surface area contributed by atoms with Gasteiger partial charge >= 0.3 is 0 Å². The van der Waals surface area contributed by atoms with Crippen LogP contribution in [-0.2, 0) is 0 Å². The average molecular weight is 358 g/mol. The van der Waals surface area contributed by atoms with Gasteiger partial charge in [-0.1, -0.05) is 11.6 Å². The Morgan fingerprint density at radius 2 is 2.05 bits per heavy atom. The van der Waals surface area contributed by atoms with Gasteiger partial charge in [-0.05, 0) is 52.0 Å². The zero-order chi connectivity index (χ0) is 13.6. The molecule has 2 nitrogen and oxygen atoms in total. The number of nitrogens with zero attached hydrogens (tertiary/aromatic N) is 2. The lowest BCUT2D eigenvalue weighted by Crippen LogP contribution is -1.94. The van der Waals surface area contributed by atoms with Crippen LogP contribution in [0.5, 0.6) is 0 Å². The number of hydrogen-bond acceptors (Lipinski definition) is 3. The third-order valence-corrected chi connectivity index (χ3v) is 4.72. The first-order valence-corrected chi connectivity index (χ1v) is 7.48. The van der Waals surface area contributed by atoms with Crippen molar-refractivity contribution in [3.8, 4) is 10.7 Å². The van der Waals surface area contributed by atoms with Gasteiger partial charge in [0.1, 0.15) is 16.5 Å². The number of benzene rings is 1. The van der Waals surface area contributed by atoms with Crippen molar-refractivity contribution in [3.63, 3.8) is 0 Å². The van der Waals surface area contributed by atoms with Crippen molar-refractivity contribution in [3.05, 3.63) is 44.6 Å². The lowest BCUT2D eigenvalue weighted by Gasteiger charge is -2.06. The molecule has 0 N–H and O–H groups in total. The molecule has 3 rings (SSSR count). The molecule has 19 heavy (non-hydrogen) atoms. The van der Waals surface area contributed by atoms with E-state index in [4.69, 9.17) is 11.6 Å². The van der Waals surface area contributed by atoms with Crippen LogP contribution in [0.4, 0.5) is 4.39 Å². The van der Waals surface area contributed by atoms with Gasteiger partial charge in [0, 0.05) is 4.47 Å². The van der Waals surface area contributed by atoms with Crippen LogP contribution in [0.2, 0.25) is 5.15 Å². The lowest BCUT2D eigenvalue weighted by atomic mass is 10.2. The van der Waals surface area contributed by atoms with Crippen molar-refractivity contribution >= 4 is 49.8 Å². The Bertz CT molecular complexity index is 788. The summed E-state index contributed by atoms with van der Waals surface area (Å²) in [5.41, 5.74) is 1.29. The van der Waals surface area contributed by atoms with Crippen LogP contribution < -0.4 is 0 Å². The van der Waals surface area contributed by atoms with Gasteiger partial charge in [0.25, 0.3) is 0 Å². The molecule has 0 aliphatic carbocycles. The molecule has 1 aromatic carbocycles. The van der Waals surface area contributed by atoms with E-state index < -0.39 is 5.82 Å². The van der Waals surface area contributed by atoms with Crippen molar-refractivity contribution in [1.29, 1.82) is 0 Å². The molecule has 0 aliphatic rings. The maximum atomic E-state index is 13.9. The summed E-state index contributed by atoms with van der Waals surface area (Å²) in [6.45, 7) is 1.96. The van der Waals surface area contributed by atoms with Crippen molar-refractivity contribution in [2.75, 3.05) is 0 Å². The molecule has 0 atom stereocenters. The molecule has 6 heteroatoms. The number of rotatable bonds is 1. The second kappa shape index (κ2) is 4.81. The number of hydrogen-bond donors (Lipinski definition) is 0. The highest BCUT2D eigenvalue weighted by Crippen LogP contribution is 2.34. The van der Waals surface area contributed by atoms with E-state index >= 15 is 0 Å². The molecule has 0 saturated carbocycles. The van der Waals surface area contributed by atoms with E-state index in [1.807, 2.05) is 18.4 Å². The van der Waals surface area contributed by atoms with Crippen LogP contribution >= 0.6 is 38.9 Å². The lowest BCUT2D eigenvalue weighted by molar-refractivity contribution is 0.636. The Kier molecular flexibility index (Phi) is 3.28. The molecule has 0 fully saturated rings. The predicted octanol–water partition coefficient (Wildman–Crippen LogP) is 5.22. The summed E-state index contributed by atoms with van der Waals surface area (Å²) < 4.78 is 14.6. The van der Waals surface area contributed by atoms with Crippen molar-refractivity contribution in [2.24, 2.45) is 0 Å². The normalized spacial score (nSPS) is 11.2. The molecule has 3 aromatic rings. The summed E-state index contributed by atoms with van der Waals surface area (Å²) in [7, 11) is 0.